The second-order valence-electron chi connectivity index (χ2n) is 6.52. The van der Waals surface area contributed by atoms with Gasteiger partial charge in [-0.25, -0.2) is 0 Å². The number of nitrogens with one attached hydrogen (secondary N) is 2. The minimum Gasteiger partial charge on any atom is -0.372 e. The third-order valence-corrected chi connectivity index (χ3v) is 4.13. The minimum absolute atomic E-state index is 0. The molecule has 1 heterocycles. The predicted octanol–water partition coefficient (Wildman–Crippen LogP) is 2.63. The average molecular weight is 474 g/mol. The number of carbonyl (C=O) groups is 1. The summed E-state index contributed by atoms with van der Waals surface area (Å²) in [5.41, 5.74) is 1.83. The second kappa shape index (κ2) is 11.4. The van der Waals surface area contributed by atoms with Crippen molar-refractivity contribution in [1.29, 1.82) is 0 Å². The first-order valence-corrected chi connectivity index (χ1v) is 9.01. The molecule has 0 saturated carbocycles. The summed E-state index contributed by atoms with van der Waals surface area (Å²) in [6.45, 7) is 8.98. The Kier molecular flexibility index (Phi) is 9.93. The molecular formula is C19H31IN4O2. The molecule has 7 heteroatoms. The van der Waals surface area contributed by atoms with Crippen LogP contribution in [0.15, 0.2) is 29.3 Å². The Hall–Kier alpha value is -1.35. The van der Waals surface area contributed by atoms with Crippen LogP contribution in [0.25, 0.3) is 0 Å². The standard InChI is InChI=1S/C19H30N4O2.HI/c1-5-10-21-19(20-4)22-11-16-6-8-17(9-7-16)18(24)23-12-14(2)25-15(3)13-23;/h6-9,14-15H,5,10-13H2,1-4H3,(H2,20,21,22);1H. The van der Waals surface area contributed by atoms with Crippen molar-refractivity contribution in [3.8, 4) is 0 Å². The molecule has 1 aromatic rings. The molecule has 6 nitrogen and oxygen atoms in total. The van der Waals surface area contributed by atoms with E-state index in [-0.39, 0.29) is 42.1 Å². The van der Waals surface area contributed by atoms with Crippen molar-refractivity contribution in [1.82, 2.24) is 15.5 Å². The molecule has 1 aromatic carbocycles. The zero-order valence-corrected chi connectivity index (χ0v) is 18.4. The van der Waals surface area contributed by atoms with E-state index in [1.54, 1.807) is 7.05 Å². The van der Waals surface area contributed by atoms with Crippen molar-refractivity contribution >= 4 is 35.8 Å². The van der Waals surface area contributed by atoms with E-state index in [2.05, 4.69) is 22.5 Å². The largest absolute Gasteiger partial charge is 0.372 e. The molecule has 1 amide bonds. The molecule has 2 atom stereocenters. The highest BCUT2D eigenvalue weighted by molar-refractivity contribution is 14.0. The smallest absolute Gasteiger partial charge is 0.254 e. The maximum absolute atomic E-state index is 12.7. The van der Waals surface area contributed by atoms with Gasteiger partial charge in [0.2, 0.25) is 0 Å². The molecule has 2 N–H and O–H groups in total. The van der Waals surface area contributed by atoms with Crippen molar-refractivity contribution < 1.29 is 9.53 Å². The van der Waals surface area contributed by atoms with Gasteiger partial charge in [-0.2, -0.15) is 0 Å². The molecule has 1 aliphatic rings. The molecule has 2 unspecified atom stereocenters. The fourth-order valence-electron chi connectivity index (χ4n) is 2.94. The van der Waals surface area contributed by atoms with Crippen LogP contribution in [0.4, 0.5) is 0 Å². The fourth-order valence-corrected chi connectivity index (χ4v) is 2.94. The van der Waals surface area contributed by atoms with Gasteiger partial charge in [-0.05, 0) is 38.0 Å². The maximum atomic E-state index is 12.7. The molecule has 26 heavy (non-hydrogen) atoms. The van der Waals surface area contributed by atoms with E-state index in [0.717, 1.165) is 30.1 Å². The summed E-state index contributed by atoms with van der Waals surface area (Å²) in [4.78, 5) is 18.7. The summed E-state index contributed by atoms with van der Waals surface area (Å²) in [6.07, 6.45) is 1.22. The highest BCUT2D eigenvalue weighted by Crippen LogP contribution is 2.15. The van der Waals surface area contributed by atoms with Gasteiger partial charge in [-0.1, -0.05) is 19.1 Å². The van der Waals surface area contributed by atoms with Crippen LogP contribution < -0.4 is 10.6 Å². The molecule has 0 radical (unpaired) electrons. The number of guanidine groups is 1. The number of rotatable bonds is 5. The molecule has 1 fully saturated rings. The minimum atomic E-state index is 0. The lowest BCUT2D eigenvalue weighted by Crippen LogP contribution is -2.48. The summed E-state index contributed by atoms with van der Waals surface area (Å²) < 4.78 is 5.70. The Morgan fingerprint density at radius 1 is 1.19 bits per heavy atom. The second-order valence-corrected chi connectivity index (χ2v) is 6.52. The van der Waals surface area contributed by atoms with Crippen LogP contribution in [0.3, 0.4) is 0 Å². The summed E-state index contributed by atoms with van der Waals surface area (Å²) >= 11 is 0. The van der Waals surface area contributed by atoms with Gasteiger partial charge >= 0.3 is 0 Å². The molecule has 1 saturated heterocycles. The zero-order chi connectivity index (χ0) is 18.2. The number of hydrogen-bond donors (Lipinski definition) is 2. The number of nitrogens with zero attached hydrogens (tertiary/aromatic N) is 2. The van der Waals surface area contributed by atoms with E-state index in [1.165, 1.54) is 0 Å². The number of amides is 1. The van der Waals surface area contributed by atoms with Crippen molar-refractivity contribution in [2.45, 2.75) is 45.9 Å². The Morgan fingerprint density at radius 2 is 1.81 bits per heavy atom. The first-order valence-electron chi connectivity index (χ1n) is 9.01. The van der Waals surface area contributed by atoms with Crippen LogP contribution in [0.2, 0.25) is 0 Å². The van der Waals surface area contributed by atoms with E-state index in [1.807, 2.05) is 43.0 Å². The molecule has 0 aromatic heterocycles. The molecule has 0 bridgehead atoms. The SMILES string of the molecule is CCCNC(=NC)NCc1ccc(C(=O)N2CC(C)OC(C)C2)cc1.I. The lowest BCUT2D eigenvalue weighted by atomic mass is 10.1. The quantitative estimate of drug-likeness (QED) is 0.391. The topological polar surface area (TPSA) is 66.0 Å². The van der Waals surface area contributed by atoms with Crippen LogP contribution in [0.1, 0.15) is 43.1 Å². The van der Waals surface area contributed by atoms with Gasteiger partial charge in [0.1, 0.15) is 0 Å². The van der Waals surface area contributed by atoms with Crippen LogP contribution >= 0.6 is 24.0 Å². The third kappa shape index (κ3) is 6.75. The number of carbonyl (C=O) groups excluding carboxylic acids is 1. The predicted molar refractivity (Wildman–Crippen MR) is 116 cm³/mol. The van der Waals surface area contributed by atoms with E-state index in [9.17, 15) is 4.79 Å². The summed E-state index contributed by atoms with van der Waals surface area (Å²) in [5.74, 6) is 0.861. The Balaban J connectivity index is 0.00000338. The zero-order valence-electron chi connectivity index (χ0n) is 16.1. The van der Waals surface area contributed by atoms with Crippen molar-refractivity contribution in [3.63, 3.8) is 0 Å². The maximum Gasteiger partial charge on any atom is 0.254 e. The third-order valence-electron chi connectivity index (χ3n) is 4.13. The van der Waals surface area contributed by atoms with E-state index < -0.39 is 0 Å². The van der Waals surface area contributed by atoms with E-state index in [4.69, 9.17) is 4.74 Å². The lowest BCUT2D eigenvalue weighted by molar-refractivity contribution is -0.0586. The number of ether oxygens (including phenoxy) is 1. The first kappa shape index (κ1) is 22.7. The summed E-state index contributed by atoms with van der Waals surface area (Å²) in [7, 11) is 1.76. The van der Waals surface area contributed by atoms with Gasteiger partial charge in [-0.15, -0.1) is 24.0 Å². The average Bonchev–Trinajstić information content (AvgIpc) is 2.61. The number of hydrogen-bond acceptors (Lipinski definition) is 3. The number of benzene rings is 1. The van der Waals surface area contributed by atoms with Gasteiger partial charge in [0, 0.05) is 38.8 Å². The molecule has 0 aliphatic carbocycles. The molecule has 146 valence electrons. The van der Waals surface area contributed by atoms with Crippen molar-refractivity contribution in [2.75, 3.05) is 26.7 Å². The Morgan fingerprint density at radius 3 is 2.35 bits per heavy atom. The number of halogens is 1. The van der Waals surface area contributed by atoms with E-state index >= 15 is 0 Å². The Labute approximate surface area is 173 Å². The molecule has 2 rings (SSSR count). The molecular weight excluding hydrogens is 443 g/mol. The normalized spacial score (nSPS) is 20.3. The fraction of sp³-hybridized carbons (Fsp3) is 0.579. The van der Waals surface area contributed by atoms with Crippen LogP contribution in [0, 0.1) is 0 Å². The van der Waals surface area contributed by atoms with Gasteiger partial charge in [0.15, 0.2) is 5.96 Å². The van der Waals surface area contributed by atoms with Crippen LogP contribution in [0.5, 0.6) is 0 Å². The summed E-state index contributed by atoms with van der Waals surface area (Å²) in [5, 5.41) is 6.51. The molecule has 1 aliphatic heterocycles. The monoisotopic (exact) mass is 474 g/mol. The van der Waals surface area contributed by atoms with Gasteiger partial charge in [-0.3, -0.25) is 9.79 Å². The van der Waals surface area contributed by atoms with Crippen LogP contribution in [-0.4, -0.2) is 55.7 Å². The number of morpholine rings is 1. The number of aliphatic imine (C=N–C) groups is 1. The van der Waals surface area contributed by atoms with Gasteiger partial charge < -0.3 is 20.3 Å². The lowest BCUT2D eigenvalue weighted by Gasteiger charge is -2.35. The van der Waals surface area contributed by atoms with Crippen LogP contribution in [-0.2, 0) is 11.3 Å². The molecule has 0 spiro atoms. The van der Waals surface area contributed by atoms with Crippen molar-refractivity contribution in [3.05, 3.63) is 35.4 Å². The highest BCUT2D eigenvalue weighted by atomic mass is 127. The first-order chi connectivity index (χ1) is 12.0. The van der Waals surface area contributed by atoms with E-state index in [0.29, 0.717) is 19.6 Å². The summed E-state index contributed by atoms with van der Waals surface area (Å²) in [6, 6.07) is 7.76. The van der Waals surface area contributed by atoms with Gasteiger partial charge in [0.25, 0.3) is 5.91 Å². The van der Waals surface area contributed by atoms with Gasteiger partial charge in [0.05, 0.1) is 12.2 Å². The highest BCUT2D eigenvalue weighted by Gasteiger charge is 2.26. The van der Waals surface area contributed by atoms with Crippen molar-refractivity contribution in [2.24, 2.45) is 4.99 Å². The Bertz CT molecular complexity index is 582.